The molecule has 1 aromatic rings. The van der Waals surface area contributed by atoms with E-state index in [1.54, 1.807) is 0 Å². The van der Waals surface area contributed by atoms with Gasteiger partial charge in [-0.2, -0.15) is 0 Å². The summed E-state index contributed by atoms with van der Waals surface area (Å²) in [5.74, 6) is -2.70. The molecule has 0 saturated heterocycles. The van der Waals surface area contributed by atoms with Gasteiger partial charge in [0.1, 0.15) is 5.82 Å². The van der Waals surface area contributed by atoms with Crippen LogP contribution in [-0.2, 0) is 4.79 Å². The summed E-state index contributed by atoms with van der Waals surface area (Å²) in [5, 5.41) is 8.79. The molecule has 0 bridgehead atoms. The topological polar surface area (TPSA) is 54.4 Å². The first-order valence-corrected chi connectivity index (χ1v) is 4.15. The molecule has 1 N–H and O–H groups in total. The van der Waals surface area contributed by atoms with E-state index in [0.29, 0.717) is 11.1 Å². The highest BCUT2D eigenvalue weighted by Crippen LogP contribution is 2.33. The Balaban J connectivity index is 2.56. The summed E-state index contributed by atoms with van der Waals surface area (Å²) in [6.45, 7) is 0. The lowest BCUT2D eigenvalue weighted by atomic mass is 10.0. The number of carboxylic acid groups (broad SMARTS) is 1. The van der Waals surface area contributed by atoms with E-state index in [-0.39, 0.29) is 12.2 Å². The van der Waals surface area contributed by atoms with Crippen molar-refractivity contribution in [3.05, 3.63) is 35.1 Å². The number of rotatable bonds is 1. The number of carbonyl (C=O) groups excluding carboxylic acids is 1. The van der Waals surface area contributed by atoms with Crippen LogP contribution in [0.25, 0.3) is 0 Å². The van der Waals surface area contributed by atoms with Gasteiger partial charge in [-0.25, -0.2) is 4.39 Å². The lowest BCUT2D eigenvalue weighted by molar-refractivity contribution is -0.138. The zero-order valence-electron chi connectivity index (χ0n) is 7.16. The number of carbonyl (C=O) groups is 2. The van der Waals surface area contributed by atoms with Gasteiger partial charge >= 0.3 is 5.97 Å². The molecule has 14 heavy (non-hydrogen) atoms. The molecule has 2 rings (SSSR count). The minimum atomic E-state index is -1.08. The molecule has 1 aromatic carbocycles. The van der Waals surface area contributed by atoms with E-state index in [0.717, 1.165) is 6.07 Å². The molecule has 0 radical (unpaired) electrons. The third-order valence-electron chi connectivity index (χ3n) is 2.38. The minimum absolute atomic E-state index is 0.0614. The number of aliphatic carboxylic acids is 1. The van der Waals surface area contributed by atoms with Crippen LogP contribution in [0.3, 0.4) is 0 Å². The Morgan fingerprint density at radius 2 is 2.21 bits per heavy atom. The van der Waals surface area contributed by atoms with Crippen LogP contribution in [0.2, 0.25) is 0 Å². The van der Waals surface area contributed by atoms with Crippen LogP contribution in [0, 0.1) is 5.82 Å². The quantitative estimate of drug-likeness (QED) is 0.738. The first kappa shape index (κ1) is 8.87. The molecule has 0 fully saturated rings. The maximum atomic E-state index is 12.8. The summed E-state index contributed by atoms with van der Waals surface area (Å²) in [6.07, 6.45) is -0.0614. The van der Waals surface area contributed by atoms with Crippen molar-refractivity contribution in [2.75, 3.05) is 0 Å². The number of fused-ring (bicyclic) bond motifs is 1. The number of carboxylic acids is 1. The molecule has 1 unspecified atom stereocenters. The predicted octanol–water partition coefficient (Wildman–Crippen LogP) is 1.58. The van der Waals surface area contributed by atoms with Crippen molar-refractivity contribution in [3.8, 4) is 0 Å². The van der Waals surface area contributed by atoms with Crippen LogP contribution < -0.4 is 0 Å². The molecular weight excluding hydrogens is 187 g/mol. The number of hydrogen-bond donors (Lipinski definition) is 1. The van der Waals surface area contributed by atoms with E-state index in [9.17, 15) is 14.0 Å². The summed E-state index contributed by atoms with van der Waals surface area (Å²) >= 11 is 0. The molecule has 72 valence electrons. The Kier molecular flexibility index (Phi) is 1.84. The van der Waals surface area contributed by atoms with Crippen molar-refractivity contribution >= 4 is 11.8 Å². The highest BCUT2D eigenvalue weighted by molar-refractivity contribution is 6.05. The van der Waals surface area contributed by atoms with Gasteiger partial charge < -0.3 is 5.11 Å². The number of Topliss-reactive ketones (excluding diaryl/α,β-unsaturated/α-hetero) is 1. The lowest BCUT2D eigenvalue weighted by Crippen LogP contribution is -2.08. The fourth-order valence-corrected chi connectivity index (χ4v) is 1.70. The molecule has 0 amide bonds. The molecule has 4 heteroatoms. The SMILES string of the molecule is O=C1CC(C(=O)O)c2cc(F)ccc21. The Hall–Kier alpha value is -1.71. The predicted molar refractivity (Wildman–Crippen MR) is 45.7 cm³/mol. The van der Waals surface area contributed by atoms with E-state index in [4.69, 9.17) is 5.11 Å². The van der Waals surface area contributed by atoms with Gasteiger partial charge in [-0.15, -0.1) is 0 Å². The third-order valence-corrected chi connectivity index (χ3v) is 2.38. The zero-order chi connectivity index (χ0) is 10.3. The van der Waals surface area contributed by atoms with Crippen LogP contribution >= 0.6 is 0 Å². The van der Waals surface area contributed by atoms with Crippen molar-refractivity contribution in [3.63, 3.8) is 0 Å². The molecule has 0 heterocycles. The maximum Gasteiger partial charge on any atom is 0.311 e. The lowest BCUT2D eigenvalue weighted by Gasteiger charge is -2.03. The van der Waals surface area contributed by atoms with Gasteiger partial charge in [-0.1, -0.05) is 0 Å². The van der Waals surface area contributed by atoms with Crippen molar-refractivity contribution < 1.29 is 19.1 Å². The molecule has 1 aliphatic rings. The highest BCUT2D eigenvalue weighted by Gasteiger charge is 2.34. The summed E-state index contributed by atoms with van der Waals surface area (Å²) in [5.41, 5.74) is 0.626. The third kappa shape index (κ3) is 1.19. The molecule has 0 saturated carbocycles. The highest BCUT2D eigenvalue weighted by atomic mass is 19.1. The van der Waals surface area contributed by atoms with Crippen molar-refractivity contribution in [2.24, 2.45) is 0 Å². The molecule has 1 atom stereocenters. The normalized spacial score (nSPS) is 19.5. The first-order valence-electron chi connectivity index (χ1n) is 4.15. The van der Waals surface area contributed by atoms with Crippen molar-refractivity contribution in [2.45, 2.75) is 12.3 Å². The average molecular weight is 194 g/mol. The Labute approximate surface area is 79.2 Å². The van der Waals surface area contributed by atoms with Crippen LogP contribution in [0.4, 0.5) is 4.39 Å². The second-order valence-electron chi connectivity index (χ2n) is 3.25. The van der Waals surface area contributed by atoms with E-state index in [2.05, 4.69) is 0 Å². The van der Waals surface area contributed by atoms with E-state index in [1.807, 2.05) is 0 Å². The van der Waals surface area contributed by atoms with Crippen molar-refractivity contribution in [1.29, 1.82) is 0 Å². The van der Waals surface area contributed by atoms with E-state index >= 15 is 0 Å². The summed E-state index contributed by atoms with van der Waals surface area (Å²) in [7, 11) is 0. The second kappa shape index (κ2) is 2.90. The summed E-state index contributed by atoms with van der Waals surface area (Å²) in [6, 6.07) is 3.63. The Morgan fingerprint density at radius 1 is 1.50 bits per heavy atom. The molecule has 0 aliphatic heterocycles. The number of hydrogen-bond acceptors (Lipinski definition) is 2. The van der Waals surface area contributed by atoms with Gasteiger partial charge in [0.2, 0.25) is 0 Å². The van der Waals surface area contributed by atoms with Crippen LogP contribution in [0.1, 0.15) is 28.3 Å². The van der Waals surface area contributed by atoms with Gasteiger partial charge in [-0.3, -0.25) is 9.59 Å². The first-order chi connectivity index (χ1) is 6.59. The number of benzene rings is 1. The summed E-state index contributed by atoms with van der Waals surface area (Å²) in [4.78, 5) is 22.1. The van der Waals surface area contributed by atoms with Crippen LogP contribution in [0.5, 0.6) is 0 Å². The molecule has 0 spiro atoms. The molecular formula is C10H7FO3. The van der Waals surface area contributed by atoms with Crippen LogP contribution in [-0.4, -0.2) is 16.9 Å². The van der Waals surface area contributed by atoms with Crippen LogP contribution in [0.15, 0.2) is 18.2 Å². The van der Waals surface area contributed by atoms with Gasteiger partial charge in [0.05, 0.1) is 5.92 Å². The van der Waals surface area contributed by atoms with Crippen molar-refractivity contribution in [1.82, 2.24) is 0 Å². The number of halogens is 1. The Morgan fingerprint density at radius 3 is 2.86 bits per heavy atom. The Bertz CT molecular complexity index is 425. The molecule has 0 aromatic heterocycles. The van der Waals surface area contributed by atoms with Gasteiger partial charge in [-0.05, 0) is 23.8 Å². The average Bonchev–Trinajstić information content (AvgIpc) is 2.43. The van der Waals surface area contributed by atoms with Gasteiger partial charge in [0.25, 0.3) is 0 Å². The number of ketones is 1. The molecule has 3 nitrogen and oxygen atoms in total. The fourth-order valence-electron chi connectivity index (χ4n) is 1.70. The summed E-state index contributed by atoms with van der Waals surface area (Å²) < 4.78 is 12.8. The van der Waals surface area contributed by atoms with Gasteiger partial charge in [0, 0.05) is 12.0 Å². The fraction of sp³-hybridized carbons (Fsp3) is 0.200. The minimum Gasteiger partial charge on any atom is -0.481 e. The smallest absolute Gasteiger partial charge is 0.311 e. The largest absolute Gasteiger partial charge is 0.481 e. The monoisotopic (exact) mass is 194 g/mol. The molecule has 1 aliphatic carbocycles. The van der Waals surface area contributed by atoms with E-state index in [1.165, 1.54) is 12.1 Å². The zero-order valence-corrected chi connectivity index (χ0v) is 7.16. The second-order valence-corrected chi connectivity index (χ2v) is 3.25. The van der Waals surface area contributed by atoms with Gasteiger partial charge in [0.15, 0.2) is 5.78 Å². The van der Waals surface area contributed by atoms with E-state index < -0.39 is 17.7 Å². The standard InChI is InChI=1S/C10H7FO3/c11-5-1-2-6-7(3-5)8(10(13)14)4-9(6)12/h1-3,8H,4H2,(H,13,14). The maximum absolute atomic E-state index is 12.8.